The van der Waals surface area contributed by atoms with Gasteiger partial charge in [-0.15, -0.1) is 0 Å². The zero-order valence-electron chi connectivity index (χ0n) is 10.6. The number of benzene rings is 1. The largest absolute Gasteiger partial charge is 0.493 e. The van der Waals surface area contributed by atoms with Crippen LogP contribution in [0.15, 0.2) is 17.2 Å². The molecule has 0 atom stereocenters. The molecule has 0 heterocycles. The fourth-order valence-electron chi connectivity index (χ4n) is 1.58. The first-order chi connectivity index (χ1) is 8.15. The first-order valence-corrected chi connectivity index (χ1v) is 5.18. The molecule has 0 saturated heterocycles. The Hall–Kier alpha value is -1.91. The van der Waals surface area contributed by atoms with E-state index >= 15 is 0 Å². The molecule has 0 fully saturated rings. The Kier molecular flexibility index (Phi) is 4.63. The molecule has 2 N–H and O–H groups in total. The molecule has 17 heavy (non-hydrogen) atoms. The van der Waals surface area contributed by atoms with Gasteiger partial charge in [0.25, 0.3) is 0 Å². The second-order valence-corrected chi connectivity index (χ2v) is 3.57. The number of nitrogens with zero attached hydrogens (tertiary/aromatic N) is 1. The summed E-state index contributed by atoms with van der Waals surface area (Å²) in [5.41, 5.74) is 1.84. The molecule has 0 aromatic heterocycles. The van der Waals surface area contributed by atoms with Crippen LogP contribution in [0.25, 0.3) is 0 Å². The van der Waals surface area contributed by atoms with E-state index in [1.54, 1.807) is 21.3 Å². The lowest BCUT2D eigenvalue weighted by Crippen LogP contribution is -2.03. The molecule has 0 saturated carbocycles. The van der Waals surface area contributed by atoms with E-state index in [9.17, 15) is 0 Å². The topological polar surface area (TPSA) is 66.1 Å². The van der Waals surface area contributed by atoms with Crippen LogP contribution >= 0.6 is 0 Å². The van der Waals surface area contributed by atoms with Gasteiger partial charge in [0, 0.05) is 12.1 Å². The molecule has 0 amide bonds. The SMILES string of the molecule is COc1cc(CC(C)=NN)cc(OC)c1OC. The molecule has 1 aromatic carbocycles. The minimum absolute atomic E-state index is 0.584. The third-order valence-electron chi connectivity index (χ3n) is 2.40. The van der Waals surface area contributed by atoms with Gasteiger partial charge in [0.05, 0.1) is 21.3 Å². The number of ether oxygens (including phenoxy) is 3. The lowest BCUT2D eigenvalue weighted by molar-refractivity contribution is 0.324. The molecule has 0 aliphatic carbocycles. The zero-order chi connectivity index (χ0) is 12.8. The minimum Gasteiger partial charge on any atom is -0.493 e. The lowest BCUT2D eigenvalue weighted by atomic mass is 10.1. The molecule has 0 bridgehead atoms. The van der Waals surface area contributed by atoms with Crippen molar-refractivity contribution in [1.29, 1.82) is 0 Å². The second-order valence-electron chi connectivity index (χ2n) is 3.57. The standard InChI is InChI=1S/C12H18N2O3/c1-8(14-13)5-9-6-10(15-2)12(17-4)11(7-9)16-3/h6-7H,5,13H2,1-4H3. The Morgan fingerprint density at radius 1 is 1.12 bits per heavy atom. The smallest absolute Gasteiger partial charge is 0.203 e. The highest BCUT2D eigenvalue weighted by molar-refractivity contribution is 5.84. The summed E-state index contributed by atoms with van der Waals surface area (Å²) < 4.78 is 15.8. The summed E-state index contributed by atoms with van der Waals surface area (Å²) in [6, 6.07) is 3.77. The van der Waals surface area contributed by atoms with Crippen LogP contribution in [0.3, 0.4) is 0 Å². The summed E-state index contributed by atoms with van der Waals surface area (Å²) in [7, 11) is 4.75. The van der Waals surface area contributed by atoms with Crippen LogP contribution in [0.1, 0.15) is 12.5 Å². The predicted molar refractivity (Wildman–Crippen MR) is 67.1 cm³/mol. The highest BCUT2D eigenvalue weighted by atomic mass is 16.5. The average molecular weight is 238 g/mol. The van der Waals surface area contributed by atoms with Gasteiger partial charge in [0.1, 0.15) is 0 Å². The normalized spacial score (nSPS) is 11.2. The molecule has 5 nitrogen and oxygen atoms in total. The number of hydrogen-bond donors (Lipinski definition) is 1. The van der Waals surface area contributed by atoms with Crippen molar-refractivity contribution in [1.82, 2.24) is 0 Å². The zero-order valence-corrected chi connectivity index (χ0v) is 10.6. The van der Waals surface area contributed by atoms with Crippen LogP contribution in [0.5, 0.6) is 17.2 Å². The Morgan fingerprint density at radius 2 is 1.65 bits per heavy atom. The van der Waals surface area contributed by atoms with Gasteiger partial charge in [0.2, 0.25) is 5.75 Å². The fourth-order valence-corrected chi connectivity index (χ4v) is 1.58. The van der Waals surface area contributed by atoms with Crippen LogP contribution in [0.4, 0.5) is 0 Å². The van der Waals surface area contributed by atoms with Crippen molar-refractivity contribution in [3.05, 3.63) is 17.7 Å². The summed E-state index contributed by atoms with van der Waals surface area (Å²) in [5.74, 6) is 7.06. The summed E-state index contributed by atoms with van der Waals surface area (Å²) in [6.07, 6.45) is 0.646. The van der Waals surface area contributed by atoms with Gasteiger partial charge in [-0.1, -0.05) is 0 Å². The molecular weight excluding hydrogens is 220 g/mol. The number of nitrogens with two attached hydrogens (primary N) is 1. The van der Waals surface area contributed by atoms with E-state index in [0.29, 0.717) is 23.7 Å². The van der Waals surface area contributed by atoms with Crippen molar-refractivity contribution in [2.24, 2.45) is 10.9 Å². The molecule has 0 aliphatic heterocycles. The van der Waals surface area contributed by atoms with Gasteiger partial charge in [-0.2, -0.15) is 5.10 Å². The van der Waals surface area contributed by atoms with Gasteiger partial charge in [-0.25, -0.2) is 0 Å². The van der Waals surface area contributed by atoms with Crippen molar-refractivity contribution in [3.63, 3.8) is 0 Å². The van der Waals surface area contributed by atoms with E-state index < -0.39 is 0 Å². The van der Waals surface area contributed by atoms with Crippen LogP contribution in [-0.2, 0) is 6.42 Å². The van der Waals surface area contributed by atoms with Crippen molar-refractivity contribution in [2.75, 3.05) is 21.3 Å². The molecule has 0 unspecified atom stereocenters. The molecule has 1 rings (SSSR count). The first kappa shape index (κ1) is 13.2. The van der Waals surface area contributed by atoms with Crippen LogP contribution in [-0.4, -0.2) is 27.0 Å². The molecule has 1 aromatic rings. The van der Waals surface area contributed by atoms with E-state index in [1.165, 1.54) is 0 Å². The predicted octanol–water partition coefficient (Wildman–Crippen LogP) is 1.59. The summed E-state index contributed by atoms with van der Waals surface area (Å²) in [4.78, 5) is 0. The maximum atomic E-state index is 5.26. The van der Waals surface area contributed by atoms with E-state index in [0.717, 1.165) is 11.3 Å². The molecular formula is C12H18N2O3. The van der Waals surface area contributed by atoms with Crippen LogP contribution in [0.2, 0.25) is 0 Å². The minimum atomic E-state index is 0.584. The third kappa shape index (κ3) is 3.03. The summed E-state index contributed by atoms with van der Waals surface area (Å²) in [5, 5.41) is 3.64. The van der Waals surface area contributed by atoms with Crippen molar-refractivity contribution in [3.8, 4) is 17.2 Å². The summed E-state index contributed by atoms with van der Waals surface area (Å²) >= 11 is 0. The van der Waals surface area contributed by atoms with Crippen LogP contribution in [0, 0.1) is 0 Å². The lowest BCUT2D eigenvalue weighted by Gasteiger charge is -2.13. The van der Waals surface area contributed by atoms with Crippen LogP contribution < -0.4 is 20.1 Å². The number of hydrogen-bond acceptors (Lipinski definition) is 5. The Labute approximate surface area is 101 Å². The van der Waals surface area contributed by atoms with E-state index in [-0.39, 0.29) is 0 Å². The Balaban J connectivity index is 3.17. The molecule has 0 aliphatic rings. The maximum absolute atomic E-state index is 5.26. The molecule has 0 radical (unpaired) electrons. The van der Waals surface area contributed by atoms with E-state index in [2.05, 4.69) is 5.10 Å². The number of methoxy groups -OCH3 is 3. The molecule has 94 valence electrons. The fraction of sp³-hybridized carbons (Fsp3) is 0.417. The highest BCUT2D eigenvalue weighted by Crippen LogP contribution is 2.38. The van der Waals surface area contributed by atoms with Gasteiger partial charge in [0.15, 0.2) is 11.5 Å². The highest BCUT2D eigenvalue weighted by Gasteiger charge is 2.13. The first-order valence-electron chi connectivity index (χ1n) is 5.18. The molecule has 0 spiro atoms. The summed E-state index contributed by atoms with van der Waals surface area (Å²) in [6.45, 7) is 1.86. The van der Waals surface area contributed by atoms with Gasteiger partial charge < -0.3 is 20.1 Å². The Bertz CT molecular complexity index is 391. The Morgan fingerprint density at radius 3 is 2.00 bits per heavy atom. The van der Waals surface area contributed by atoms with Crippen molar-refractivity contribution < 1.29 is 14.2 Å². The van der Waals surface area contributed by atoms with E-state index in [1.807, 2.05) is 19.1 Å². The number of rotatable bonds is 5. The van der Waals surface area contributed by atoms with Gasteiger partial charge >= 0.3 is 0 Å². The van der Waals surface area contributed by atoms with Gasteiger partial charge in [-0.05, 0) is 24.6 Å². The van der Waals surface area contributed by atoms with E-state index in [4.69, 9.17) is 20.1 Å². The third-order valence-corrected chi connectivity index (χ3v) is 2.40. The average Bonchev–Trinajstić information content (AvgIpc) is 2.37. The van der Waals surface area contributed by atoms with Crippen molar-refractivity contribution >= 4 is 5.71 Å². The quantitative estimate of drug-likeness (QED) is 0.480. The van der Waals surface area contributed by atoms with Gasteiger partial charge in [-0.3, -0.25) is 0 Å². The molecule has 5 heteroatoms. The van der Waals surface area contributed by atoms with Crippen molar-refractivity contribution in [2.45, 2.75) is 13.3 Å². The number of hydrazone groups is 1. The maximum Gasteiger partial charge on any atom is 0.203 e. The second kappa shape index (κ2) is 5.98. The monoisotopic (exact) mass is 238 g/mol.